The van der Waals surface area contributed by atoms with Gasteiger partial charge in [0.25, 0.3) is 0 Å². The largest absolute Gasteiger partial charge is 0.481 e. The van der Waals surface area contributed by atoms with E-state index in [1.165, 1.54) is 47.2 Å². The normalized spacial score (nSPS) is 11.7. The van der Waals surface area contributed by atoms with Gasteiger partial charge in [-0.1, -0.05) is 204 Å². The molecule has 1 aliphatic rings. The molecular formula is C90H79Cl3F3N3O14. The second kappa shape index (κ2) is 39.9. The molecule has 0 aliphatic carbocycles. The number of carbonyl (C=O) groups excluding carboxylic acids is 2. The van der Waals surface area contributed by atoms with Crippen molar-refractivity contribution in [1.29, 1.82) is 0 Å². The van der Waals surface area contributed by atoms with Gasteiger partial charge in [-0.25, -0.2) is 19.2 Å². The molecule has 4 heterocycles. The average molecular weight is 1590 g/mol. The highest BCUT2D eigenvalue weighted by Crippen LogP contribution is 2.34. The van der Waals surface area contributed by atoms with Crippen LogP contribution in [0.4, 0.5) is 13.2 Å². The molecule has 1 aliphatic heterocycles. The van der Waals surface area contributed by atoms with Gasteiger partial charge in [-0.2, -0.15) is 13.2 Å². The van der Waals surface area contributed by atoms with Crippen LogP contribution in [0.1, 0.15) is 175 Å². The van der Waals surface area contributed by atoms with Crippen LogP contribution < -0.4 is 0 Å². The van der Waals surface area contributed by atoms with Crippen molar-refractivity contribution in [3.05, 3.63) is 392 Å². The Bertz CT molecular complexity index is 5360. The number of carbonyl (C=O) groups is 8. The van der Waals surface area contributed by atoms with E-state index in [1.807, 2.05) is 110 Å². The molecule has 0 amide bonds. The van der Waals surface area contributed by atoms with Crippen LogP contribution in [0.5, 0.6) is 0 Å². The maximum absolute atomic E-state index is 12.6. The van der Waals surface area contributed by atoms with Crippen molar-refractivity contribution in [2.24, 2.45) is 7.05 Å². The highest BCUT2D eigenvalue weighted by molar-refractivity contribution is 6.36. The first-order valence-corrected chi connectivity index (χ1v) is 36.4. The second-order valence-corrected chi connectivity index (χ2v) is 27.5. The number of carboxylic acid groups (broad SMARTS) is 6. The maximum atomic E-state index is 12.6. The Morgan fingerprint density at radius 2 is 0.956 bits per heavy atom. The van der Waals surface area contributed by atoms with Crippen LogP contribution in [-0.4, -0.2) is 92.1 Å². The van der Waals surface area contributed by atoms with E-state index in [-0.39, 0.29) is 41.2 Å². The van der Waals surface area contributed by atoms with E-state index in [9.17, 15) is 56.6 Å². The van der Waals surface area contributed by atoms with Crippen LogP contribution in [0.25, 0.3) is 0 Å². The minimum absolute atomic E-state index is 0.00934. The summed E-state index contributed by atoms with van der Waals surface area (Å²) < 4.78 is 41.3. The molecule has 0 spiro atoms. The second-order valence-electron chi connectivity index (χ2n) is 26.3. The summed E-state index contributed by atoms with van der Waals surface area (Å²) in [5.41, 5.74) is 15.3. The molecule has 0 radical (unpaired) electrons. The number of aryl methyl sites for hydroxylation is 3. The van der Waals surface area contributed by atoms with Crippen LogP contribution in [0.3, 0.4) is 0 Å². The molecule has 113 heavy (non-hydrogen) atoms. The number of carboxylic acids is 6. The number of hydrogen-bond acceptors (Lipinski definition) is 9. The fourth-order valence-electron chi connectivity index (χ4n) is 12.4. The Labute approximate surface area is 665 Å². The molecule has 9 aromatic carbocycles. The zero-order valence-electron chi connectivity index (χ0n) is 62.2. The summed E-state index contributed by atoms with van der Waals surface area (Å²) in [7, 11) is 1.71. The van der Waals surface area contributed by atoms with Crippen molar-refractivity contribution in [3.8, 4) is 0 Å². The number of aromatic nitrogens is 3. The topological polar surface area (TPSA) is 281 Å². The molecule has 3 aromatic heterocycles. The SMILES string of the molecule is Cc1c(Cl)cccc1Cc1ccccc1C(=O)O.Cc1ccc(C(=O)c2ccc(CC(=O)O)n2C)cc1.Cc1ccc(Cl)c(Cc2ccccc2C(=O)O)c1Cl.Cc1cccc(Cc2ccccc2C(=O)O)c1C.O=C(O)c1cccnc1Cc1cccc(C(F)(F)F)c1.O=C(c1ccccc1)c1ccc2n1CCC2C(=O)O. The van der Waals surface area contributed by atoms with Crippen LogP contribution in [0.2, 0.25) is 15.1 Å². The molecule has 23 heteroatoms. The van der Waals surface area contributed by atoms with Crippen molar-refractivity contribution >= 4 is 82.2 Å². The predicted octanol–water partition coefficient (Wildman–Crippen LogP) is 20.0. The smallest absolute Gasteiger partial charge is 0.416 e. The summed E-state index contributed by atoms with van der Waals surface area (Å²) in [6.07, 6.45) is -0.859. The Hall–Kier alpha value is -12.5. The number of pyridine rings is 1. The molecule has 6 N–H and O–H groups in total. The Balaban J connectivity index is 0.000000170. The highest BCUT2D eigenvalue weighted by atomic mass is 35.5. The van der Waals surface area contributed by atoms with E-state index in [0.717, 1.165) is 56.8 Å². The highest BCUT2D eigenvalue weighted by Gasteiger charge is 2.33. The van der Waals surface area contributed by atoms with Crippen LogP contribution in [-0.2, 0) is 61.5 Å². The number of hydrogen-bond donors (Lipinski definition) is 6. The molecule has 17 nitrogen and oxygen atoms in total. The van der Waals surface area contributed by atoms with E-state index >= 15 is 0 Å². The third-order valence-corrected chi connectivity index (χ3v) is 20.1. The lowest BCUT2D eigenvalue weighted by atomic mass is 9.95. The zero-order chi connectivity index (χ0) is 82.4. The fourth-order valence-corrected chi connectivity index (χ4v) is 13.1. The third kappa shape index (κ3) is 23.3. The molecule has 0 bridgehead atoms. The van der Waals surface area contributed by atoms with Gasteiger partial charge in [-0.15, -0.1) is 0 Å². The maximum Gasteiger partial charge on any atom is 0.416 e. The lowest BCUT2D eigenvalue weighted by molar-refractivity contribution is -0.139. The van der Waals surface area contributed by atoms with Gasteiger partial charge in [0.15, 0.2) is 0 Å². The van der Waals surface area contributed by atoms with Crippen LogP contribution >= 0.6 is 34.8 Å². The van der Waals surface area contributed by atoms with Crippen molar-refractivity contribution in [2.45, 2.75) is 91.8 Å². The lowest BCUT2D eigenvalue weighted by Crippen LogP contribution is -2.11. The van der Waals surface area contributed by atoms with Crippen LogP contribution in [0, 0.1) is 34.6 Å². The summed E-state index contributed by atoms with van der Waals surface area (Å²) in [6.45, 7) is 10.5. The van der Waals surface area contributed by atoms with E-state index in [4.69, 9.17) is 60.3 Å². The minimum atomic E-state index is -4.42. The van der Waals surface area contributed by atoms with Gasteiger partial charge in [0.05, 0.1) is 57.2 Å². The Kier molecular flexibility index (Phi) is 30.4. The summed E-state index contributed by atoms with van der Waals surface area (Å²) >= 11 is 18.5. The molecule has 0 saturated heterocycles. The minimum Gasteiger partial charge on any atom is -0.481 e. The summed E-state index contributed by atoms with van der Waals surface area (Å²) in [4.78, 5) is 94.9. The quantitative estimate of drug-likeness (QED) is 0.0411. The number of rotatable bonds is 19. The molecule has 0 fully saturated rings. The first-order chi connectivity index (χ1) is 53.7. The van der Waals surface area contributed by atoms with E-state index in [1.54, 1.807) is 115 Å². The number of halogens is 6. The number of alkyl halides is 3. The molecule has 580 valence electrons. The zero-order valence-corrected chi connectivity index (χ0v) is 64.4. The van der Waals surface area contributed by atoms with Gasteiger partial charge in [0.1, 0.15) is 0 Å². The fraction of sp³-hybridized carbons (Fsp3) is 0.167. The number of nitrogens with zero attached hydrogens (tertiary/aromatic N) is 3. The van der Waals surface area contributed by atoms with E-state index in [0.29, 0.717) is 97.8 Å². The van der Waals surface area contributed by atoms with Crippen molar-refractivity contribution in [2.75, 3.05) is 0 Å². The van der Waals surface area contributed by atoms with Gasteiger partial charge in [0.2, 0.25) is 11.6 Å². The summed E-state index contributed by atoms with van der Waals surface area (Å²) in [6, 6.07) is 67.3. The van der Waals surface area contributed by atoms with Gasteiger partial charge in [0, 0.05) is 70.2 Å². The molecule has 0 saturated carbocycles. The van der Waals surface area contributed by atoms with Gasteiger partial charge in [-0.05, 0) is 188 Å². The van der Waals surface area contributed by atoms with E-state index in [2.05, 4.69) is 31.0 Å². The number of aliphatic carboxylic acids is 2. The number of fused-ring (bicyclic) bond motifs is 1. The summed E-state index contributed by atoms with van der Waals surface area (Å²) in [5, 5.41) is 56.3. The van der Waals surface area contributed by atoms with Crippen molar-refractivity contribution < 1.29 is 82.2 Å². The monoisotopic (exact) mass is 1590 g/mol. The predicted molar refractivity (Wildman–Crippen MR) is 428 cm³/mol. The number of aromatic carboxylic acids is 4. The number of benzene rings is 9. The molecule has 13 rings (SSSR count). The van der Waals surface area contributed by atoms with Crippen LogP contribution in [0.15, 0.2) is 243 Å². The average Bonchev–Trinajstić information content (AvgIpc) is 1.63. The first kappa shape index (κ1) is 86.1. The van der Waals surface area contributed by atoms with Gasteiger partial charge in [-0.3, -0.25) is 24.2 Å². The number of ketones is 2. The molecular weight excluding hydrogens is 1510 g/mol. The Morgan fingerprint density at radius 3 is 1.51 bits per heavy atom. The Morgan fingerprint density at radius 1 is 0.460 bits per heavy atom. The van der Waals surface area contributed by atoms with Gasteiger partial charge < -0.3 is 39.8 Å². The third-order valence-electron chi connectivity index (χ3n) is 18.8. The van der Waals surface area contributed by atoms with Crippen molar-refractivity contribution in [1.82, 2.24) is 14.1 Å². The first-order valence-electron chi connectivity index (χ1n) is 35.2. The molecule has 12 aromatic rings. The lowest BCUT2D eigenvalue weighted by Gasteiger charge is -2.11. The van der Waals surface area contributed by atoms with Gasteiger partial charge >= 0.3 is 42.0 Å². The summed E-state index contributed by atoms with van der Waals surface area (Å²) in [5.74, 6) is -6.24. The standard InChI is InChI=1S/C16H16O2.C15H12Cl2O2.C15H13ClO2.C15H13NO3.C15H15NO3.C14H10F3NO2/c1-11-6-5-8-13(12(11)2)10-14-7-3-4-9-15(14)16(17)18;1-9-6-7-13(16)12(14(9)17)8-10-4-2-3-5-11(10)15(18)19;1-10-11(6-4-8-14(10)16)9-12-5-2-3-7-13(12)15(17)18;17-14(10-4-2-1-3-5-10)13-7-6-12-11(15(18)19)8-9-16(12)13;1-10-3-5-11(6-4-10)15(19)13-8-7-12(16(13)2)9-14(17)18;15-14(16,17)10-4-1-3-9(7-10)8-12-11(13(19)20)5-2-6-18-12/h3-9H,10H2,1-2H3,(H,17,18);2-7H,8H2,1H3,(H,18,19);2-8H,9H2,1H3,(H,17,18);1-7,11H,8-9H2,(H,18,19);3-8H,9H2,1-2H3,(H,17,18);1-7H,8H2,(H,19,20). The molecule has 1 unspecified atom stereocenters. The molecule has 1 atom stereocenters. The van der Waals surface area contributed by atoms with Crippen molar-refractivity contribution in [3.63, 3.8) is 0 Å². The van der Waals surface area contributed by atoms with E-state index < -0.39 is 53.5 Å².